The van der Waals surface area contributed by atoms with Crippen LogP contribution >= 0.6 is 0 Å². The molecule has 2 aliphatic rings. The molecule has 0 amide bonds. The second kappa shape index (κ2) is 11.2. The van der Waals surface area contributed by atoms with Crippen molar-refractivity contribution in [3.05, 3.63) is 64.1 Å². The van der Waals surface area contributed by atoms with Crippen LogP contribution in [0.1, 0.15) is 67.8 Å². The lowest BCUT2D eigenvalue weighted by molar-refractivity contribution is 0.0541. The number of aromatic amines is 1. The summed E-state index contributed by atoms with van der Waals surface area (Å²) in [5.74, 6) is 2.58. The number of aromatic nitrogens is 5. The summed E-state index contributed by atoms with van der Waals surface area (Å²) in [5.41, 5.74) is 0.998. The van der Waals surface area contributed by atoms with E-state index in [4.69, 9.17) is 18.6 Å². The molecule has 206 valence electrons. The Morgan fingerprint density at radius 2 is 1.95 bits per heavy atom. The average Bonchev–Trinajstić information content (AvgIpc) is 3.76. The van der Waals surface area contributed by atoms with Crippen LogP contribution in [0.15, 0.2) is 45.8 Å². The summed E-state index contributed by atoms with van der Waals surface area (Å²) in [6, 6.07) is 9.07. The second-order valence-electron chi connectivity index (χ2n) is 10.3. The number of tetrazole rings is 1. The zero-order valence-electron chi connectivity index (χ0n) is 22.3. The van der Waals surface area contributed by atoms with Gasteiger partial charge in [-0.05, 0) is 60.4 Å². The van der Waals surface area contributed by atoms with Crippen LogP contribution in [-0.2, 0) is 11.3 Å². The minimum Gasteiger partial charge on any atom is -0.493 e. The molecule has 1 N–H and O–H groups in total. The number of rotatable bonds is 10. The quantitative estimate of drug-likeness (QED) is 0.322. The van der Waals surface area contributed by atoms with Gasteiger partial charge in [0.15, 0.2) is 17.3 Å². The van der Waals surface area contributed by atoms with Gasteiger partial charge in [-0.3, -0.25) is 9.69 Å². The lowest BCUT2D eigenvalue weighted by Gasteiger charge is -2.32. The Morgan fingerprint density at radius 1 is 1.13 bits per heavy atom. The Balaban J connectivity index is 1.51. The molecule has 4 aromatic rings. The van der Waals surface area contributed by atoms with Crippen molar-refractivity contribution in [1.29, 1.82) is 0 Å². The molecule has 3 aromatic heterocycles. The van der Waals surface area contributed by atoms with Crippen molar-refractivity contribution in [1.82, 2.24) is 30.1 Å². The van der Waals surface area contributed by atoms with E-state index in [1.807, 2.05) is 28.9 Å². The second-order valence-corrected chi connectivity index (χ2v) is 10.3. The van der Waals surface area contributed by atoms with Crippen molar-refractivity contribution >= 4 is 10.9 Å². The van der Waals surface area contributed by atoms with Crippen molar-refractivity contribution in [2.24, 2.45) is 0 Å². The van der Waals surface area contributed by atoms with Gasteiger partial charge in [0.1, 0.15) is 11.8 Å². The number of methoxy groups -OCH3 is 2. The fourth-order valence-electron chi connectivity index (χ4n) is 5.96. The van der Waals surface area contributed by atoms with E-state index < -0.39 is 6.04 Å². The van der Waals surface area contributed by atoms with Gasteiger partial charge in [0, 0.05) is 30.2 Å². The monoisotopic (exact) mass is 534 g/mol. The van der Waals surface area contributed by atoms with E-state index in [0.717, 1.165) is 56.3 Å². The van der Waals surface area contributed by atoms with Crippen LogP contribution in [0.4, 0.5) is 0 Å². The predicted molar refractivity (Wildman–Crippen MR) is 143 cm³/mol. The molecule has 11 heteroatoms. The summed E-state index contributed by atoms with van der Waals surface area (Å²) in [6.07, 6.45) is 7.99. The number of nitrogens with one attached hydrogen (secondary N) is 1. The Labute approximate surface area is 226 Å². The fraction of sp³-hybridized carbons (Fsp3) is 0.500. The van der Waals surface area contributed by atoms with Gasteiger partial charge in [0.05, 0.1) is 44.7 Å². The highest BCUT2D eigenvalue weighted by Gasteiger charge is 2.35. The first-order chi connectivity index (χ1) is 19.1. The lowest BCUT2D eigenvalue weighted by Crippen LogP contribution is -2.39. The molecule has 11 nitrogen and oxygen atoms in total. The third kappa shape index (κ3) is 5.16. The maximum absolute atomic E-state index is 13.8. The van der Waals surface area contributed by atoms with Crippen LogP contribution in [0.25, 0.3) is 10.9 Å². The number of furan rings is 1. The van der Waals surface area contributed by atoms with Gasteiger partial charge in [-0.2, -0.15) is 0 Å². The number of nitrogens with zero attached hydrogens (tertiary/aromatic N) is 5. The predicted octanol–water partition coefficient (Wildman–Crippen LogP) is 4.01. The first kappa shape index (κ1) is 25.6. The third-order valence-electron chi connectivity index (χ3n) is 7.87. The minimum atomic E-state index is -0.531. The number of benzene rings is 1. The molecule has 4 heterocycles. The summed E-state index contributed by atoms with van der Waals surface area (Å²) in [4.78, 5) is 19.1. The van der Waals surface area contributed by atoms with E-state index in [-0.39, 0.29) is 17.7 Å². The van der Waals surface area contributed by atoms with Crippen molar-refractivity contribution < 1.29 is 18.6 Å². The molecule has 0 unspecified atom stereocenters. The zero-order chi connectivity index (χ0) is 26.8. The average molecular weight is 535 g/mol. The van der Waals surface area contributed by atoms with Crippen molar-refractivity contribution in [2.75, 3.05) is 27.4 Å². The maximum Gasteiger partial charge on any atom is 0.253 e. The first-order valence-corrected chi connectivity index (χ1v) is 13.6. The van der Waals surface area contributed by atoms with Gasteiger partial charge >= 0.3 is 0 Å². The molecule has 39 heavy (non-hydrogen) atoms. The summed E-state index contributed by atoms with van der Waals surface area (Å²) < 4.78 is 24.7. The Bertz CT molecular complexity index is 1450. The Kier molecular flexibility index (Phi) is 7.34. The van der Waals surface area contributed by atoms with E-state index >= 15 is 0 Å². The van der Waals surface area contributed by atoms with Crippen LogP contribution < -0.4 is 15.0 Å². The van der Waals surface area contributed by atoms with E-state index in [0.29, 0.717) is 41.5 Å². The topological polar surface area (TPSA) is 121 Å². The number of pyridine rings is 1. The van der Waals surface area contributed by atoms with Crippen molar-refractivity contribution in [3.8, 4) is 11.5 Å². The van der Waals surface area contributed by atoms with Crippen molar-refractivity contribution in [2.45, 2.75) is 63.3 Å². The highest BCUT2D eigenvalue weighted by atomic mass is 16.5. The molecule has 1 aliphatic carbocycles. The molecule has 0 bridgehead atoms. The van der Waals surface area contributed by atoms with Gasteiger partial charge in [0.25, 0.3) is 5.56 Å². The number of hydrogen-bond donors (Lipinski definition) is 1. The lowest BCUT2D eigenvalue weighted by atomic mass is 10.0. The molecular weight excluding hydrogens is 500 g/mol. The summed E-state index contributed by atoms with van der Waals surface area (Å²) in [5, 5.41) is 13.9. The van der Waals surface area contributed by atoms with E-state index in [9.17, 15) is 4.79 Å². The highest BCUT2D eigenvalue weighted by Crippen LogP contribution is 2.36. The molecule has 2 fully saturated rings. The normalized spacial score (nSPS) is 18.8. The number of ether oxygens (including phenoxy) is 3. The van der Waals surface area contributed by atoms with Gasteiger partial charge < -0.3 is 23.6 Å². The SMILES string of the molecule is COc1cc2cc([C@H](c3nnnn3C3CCCC3)N(Cc3ccco3)C[C@@H]3CCCO3)c(=O)[nH]c2cc1OC. The Morgan fingerprint density at radius 3 is 2.67 bits per heavy atom. The van der Waals surface area contributed by atoms with E-state index in [1.54, 1.807) is 26.5 Å². The fourth-order valence-corrected chi connectivity index (χ4v) is 5.96. The number of fused-ring (bicyclic) bond motifs is 1. The molecule has 1 saturated heterocycles. The maximum atomic E-state index is 13.8. The summed E-state index contributed by atoms with van der Waals surface area (Å²) >= 11 is 0. The molecule has 1 aliphatic heterocycles. The van der Waals surface area contributed by atoms with Crippen LogP contribution in [0, 0.1) is 0 Å². The molecule has 2 atom stereocenters. The summed E-state index contributed by atoms with van der Waals surface area (Å²) in [6.45, 7) is 1.81. The number of H-pyrrole nitrogens is 1. The van der Waals surface area contributed by atoms with E-state index in [2.05, 4.69) is 25.4 Å². The van der Waals surface area contributed by atoms with Gasteiger partial charge in [-0.1, -0.05) is 12.8 Å². The molecule has 1 saturated carbocycles. The van der Waals surface area contributed by atoms with Crippen molar-refractivity contribution in [3.63, 3.8) is 0 Å². The largest absolute Gasteiger partial charge is 0.493 e. The van der Waals surface area contributed by atoms with Crippen LogP contribution in [0.3, 0.4) is 0 Å². The highest BCUT2D eigenvalue weighted by molar-refractivity contribution is 5.83. The molecule has 6 rings (SSSR count). The zero-order valence-corrected chi connectivity index (χ0v) is 22.3. The first-order valence-electron chi connectivity index (χ1n) is 13.6. The molecule has 0 radical (unpaired) electrons. The number of hydrogen-bond acceptors (Lipinski definition) is 9. The van der Waals surface area contributed by atoms with Gasteiger partial charge in [-0.15, -0.1) is 5.10 Å². The van der Waals surface area contributed by atoms with Crippen LogP contribution in [0.5, 0.6) is 11.5 Å². The van der Waals surface area contributed by atoms with E-state index in [1.165, 1.54) is 0 Å². The summed E-state index contributed by atoms with van der Waals surface area (Å²) in [7, 11) is 3.17. The third-order valence-corrected chi connectivity index (χ3v) is 7.87. The smallest absolute Gasteiger partial charge is 0.253 e. The standard InChI is InChI=1S/C28H34N6O5/c1-36-24-14-18-13-22(28(35)29-23(18)15-25(24)37-2)26(27-30-31-32-34(27)19-7-3-4-8-19)33(16-20-9-5-11-38-20)17-21-10-6-12-39-21/h5,9,11,13-15,19,21,26H,3-4,6-8,10,12,16-17H2,1-2H3,(H,29,35)/t21-,26+/m0/s1. The minimum absolute atomic E-state index is 0.0437. The Hall–Kier alpha value is -3.70. The molecule has 0 spiro atoms. The van der Waals surface area contributed by atoms with Crippen LogP contribution in [0.2, 0.25) is 0 Å². The van der Waals surface area contributed by atoms with Gasteiger partial charge in [0.2, 0.25) is 0 Å². The molecule has 1 aromatic carbocycles. The molecular formula is C28H34N6O5. The van der Waals surface area contributed by atoms with Crippen LogP contribution in [-0.4, -0.2) is 63.6 Å². The van der Waals surface area contributed by atoms with Gasteiger partial charge in [-0.25, -0.2) is 4.68 Å².